The number of hydrogen-bond acceptors (Lipinski definition) is 6. The topological polar surface area (TPSA) is 88.3 Å². The van der Waals surface area contributed by atoms with E-state index < -0.39 is 5.97 Å². The molecule has 0 atom stereocenters. The third kappa shape index (κ3) is 3.90. The third-order valence-electron chi connectivity index (χ3n) is 4.38. The first-order chi connectivity index (χ1) is 14.6. The van der Waals surface area contributed by atoms with Crippen LogP contribution in [0.1, 0.15) is 22.8 Å². The van der Waals surface area contributed by atoms with E-state index >= 15 is 0 Å². The van der Waals surface area contributed by atoms with Gasteiger partial charge in [0.25, 0.3) is 5.91 Å². The van der Waals surface area contributed by atoms with Gasteiger partial charge in [-0.15, -0.1) is 0 Å². The van der Waals surface area contributed by atoms with Gasteiger partial charge in [-0.1, -0.05) is 18.2 Å². The lowest BCUT2D eigenvalue weighted by Gasteiger charge is -2.14. The molecule has 2 heterocycles. The van der Waals surface area contributed by atoms with E-state index in [0.717, 1.165) is 23.0 Å². The largest absolute Gasteiger partial charge is 0.462 e. The molecule has 1 aliphatic rings. The van der Waals surface area contributed by atoms with Crippen LogP contribution in [0.4, 0.5) is 5.69 Å². The number of ether oxygens (including phenoxy) is 1. The number of aromatic nitrogens is 2. The van der Waals surface area contributed by atoms with Crippen molar-refractivity contribution in [3.05, 3.63) is 83.0 Å². The monoisotopic (exact) mass is 418 g/mol. The van der Waals surface area contributed by atoms with Gasteiger partial charge in [-0.3, -0.25) is 15.1 Å². The summed E-state index contributed by atoms with van der Waals surface area (Å²) in [4.78, 5) is 26.4. The number of nitrogens with one attached hydrogen (secondary N) is 1. The fourth-order valence-electron chi connectivity index (χ4n) is 2.97. The third-order valence-corrected chi connectivity index (χ3v) is 5.27. The van der Waals surface area contributed by atoms with Crippen LogP contribution in [0.3, 0.4) is 0 Å². The Bertz CT molecular complexity index is 1140. The lowest BCUT2D eigenvalue weighted by molar-refractivity contribution is -0.113. The zero-order chi connectivity index (χ0) is 21.1. The summed E-state index contributed by atoms with van der Waals surface area (Å²) in [6.07, 6.45) is 5.23. The number of amides is 1. The molecule has 0 spiro atoms. The van der Waals surface area contributed by atoms with Crippen molar-refractivity contribution in [1.82, 2.24) is 9.78 Å². The molecule has 3 aromatic rings. The van der Waals surface area contributed by atoms with Crippen LogP contribution in [0.15, 0.2) is 71.9 Å². The molecule has 4 rings (SSSR count). The number of hydrogen-bond donors (Lipinski definition) is 1. The number of benzene rings is 2. The average molecular weight is 418 g/mol. The molecular weight excluding hydrogens is 400 g/mol. The average Bonchev–Trinajstić information content (AvgIpc) is 3.33. The summed E-state index contributed by atoms with van der Waals surface area (Å²) < 4.78 is 6.70. The summed E-state index contributed by atoms with van der Waals surface area (Å²) in [5.74, 6) is -0.710. The normalized spacial score (nSPS) is 15.1. The number of para-hydroxylation sites is 1. The molecule has 7 nitrogen and oxygen atoms in total. The van der Waals surface area contributed by atoms with Crippen LogP contribution >= 0.6 is 11.8 Å². The summed E-state index contributed by atoms with van der Waals surface area (Å²) in [6, 6.07) is 16.1. The quantitative estimate of drug-likeness (QED) is 0.498. The van der Waals surface area contributed by atoms with E-state index in [1.165, 1.54) is 4.90 Å². The van der Waals surface area contributed by atoms with E-state index in [0.29, 0.717) is 22.8 Å². The molecule has 0 bridgehead atoms. The fourth-order valence-corrected chi connectivity index (χ4v) is 3.83. The summed E-state index contributed by atoms with van der Waals surface area (Å²) in [6.45, 7) is 2.03. The maximum absolute atomic E-state index is 12.9. The molecule has 30 heavy (non-hydrogen) atoms. The standard InChI is InChI=1S/C22H18N4O3S/c1-2-29-21(28)16-8-10-18(11-9-16)26-20(27)19(30-22(26)23)12-15-13-24-25(14-15)17-6-4-3-5-7-17/h3-14,23H,2H2,1H3. The van der Waals surface area contributed by atoms with E-state index in [1.807, 2.05) is 36.5 Å². The summed E-state index contributed by atoms with van der Waals surface area (Å²) in [5.41, 5.74) is 2.61. The van der Waals surface area contributed by atoms with Crippen molar-refractivity contribution in [3.63, 3.8) is 0 Å². The van der Waals surface area contributed by atoms with Crippen molar-refractivity contribution in [1.29, 1.82) is 5.41 Å². The van der Waals surface area contributed by atoms with Gasteiger partial charge >= 0.3 is 5.97 Å². The second kappa shape index (κ2) is 8.38. The highest BCUT2D eigenvalue weighted by molar-refractivity contribution is 8.19. The molecule has 0 unspecified atom stereocenters. The minimum absolute atomic E-state index is 0.102. The van der Waals surface area contributed by atoms with Crippen molar-refractivity contribution >= 4 is 40.6 Å². The molecule has 0 aliphatic carbocycles. The van der Waals surface area contributed by atoms with Gasteiger partial charge in [0.15, 0.2) is 5.17 Å². The molecule has 1 saturated heterocycles. The number of nitrogens with zero attached hydrogens (tertiary/aromatic N) is 3. The van der Waals surface area contributed by atoms with Gasteiger partial charge in [0.1, 0.15) is 0 Å². The first-order valence-electron chi connectivity index (χ1n) is 9.26. The second-order valence-electron chi connectivity index (χ2n) is 6.38. The predicted molar refractivity (Wildman–Crippen MR) is 117 cm³/mol. The SMILES string of the molecule is CCOC(=O)c1ccc(N2C(=N)SC(=Cc3cnn(-c4ccccc4)c3)C2=O)cc1. The number of rotatable bonds is 5. The first-order valence-corrected chi connectivity index (χ1v) is 10.1. The lowest BCUT2D eigenvalue weighted by Crippen LogP contribution is -2.28. The highest BCUT2D eigenvalue weighted by atomic mass is 32.2. The Balaban J connectivity index is 1.54. The minimum atomic E-state index is -0.419. The Labute approximate surface area is 177 Å². The molecule has 8 heteroatoms. The summed E-state index contributed by atoms with van der Waals surface area (Å²) in [5, 5.41) is 12.7. The van der Waals surface area contributed by atoms with Crippen molar-refractivity contribution in [2.45, 2.75) is 6.92 Å². The predicted octanol–water partition coefficient (Wildman–Crippen LogP) is 4.10. The van der Waals surface area contributed by atoms with Crippen molar-refractivity contribution in [3.8, 4) is 5.69 Å². The molecule has 150 valence electrons. The fraction of sp³-hybridized carbons (Fsp3) is 0.0909. The molecule has 0 saturated carbocycles. The van der Waals surface area contributed by atoms with E-state index in [-0.39, 0.29) is 11.1 Å². The molecule has 1 amide bonds. The Morgan fingerprint density at radius 2 is 1.87 bits per heavy atom. The van der Waals surface area contributed by atoms with Crippen LogP contribution in [0, 0.1) is 5.41 Å². The highest BCUT2D eigenvalue weighted by Gasteiger charge is 2.33. The van der Waals surface area contributed by atoms with Crippen LogP contribution < -0.4 is 4.90 Å². The van der Waals surface area contributed by atoms with E-state index in [2.05, 4.69) is 5.10 Å². The maximum Gasteiger partial charge on any atom is 0.338 e. The summed E-state index contributed by atoms with van der Waals surface area (Å²) >= 11 is 1.09. The number of amidine groups is 1. The Morgan fingerprint density at radius 3 is 2.57 bits per heavy atom. The molecule has 0 radical (unpaired) electrons. The zero-order valence-electron chi connectivity index (χ0n) is 16.1. The molecule has 1 fully saturated rings. The van der Waals surface area contributed by atoms with Crippen LogP contribution in [0.5, 0.6) is 0 Å². The van der Waals surface area contributed by atoms with Crippen molar-refractivity contribution in [2.24, 2.45) is 0 Å². The van der Waals surface area contributed by atoms with Crippen LogP contribution in [-0.2, 0) is 9.53 Å². The van der Waals surface area contributed by atoms with Gasteiger partial charge in [-0.05, 0) is 61.2 Å². The maximum atomic E-state index is 12.9. The second-order valence-corrected chi connectivity index (χ2v) is 7.41. The number of anilines is 1. The smallest absolute Gasteiger partial charge is 0.338 e. The molecule has 1 N–H and O–H groups in total. The van der Waals surface area contributed by atoms with Crippen LogP contribution in [-0.4, -0.2) is 33.4 Å². The van der Waals surface area contributed by atoms with Gasteiger partial charge in [-0.25, -0.2) is 9.48 Å². The highest BCUT2D eigenvalue weighted by Crippen LogP contribution is 2.35. The summed E-state index contributed by atoms with van der Waals surface area (Å²) in [7, 11) is 0. The van der Waals surface area contributed by atoms with Crippen molar-refractivity contribution < 1.29 is 14.3 Å². The number of thioether (sulfide) groups is 1. The Hall–Kier alpha value is -3.65. The molecule has 1 aromatic heterocycles. The van der Waals surface area contributed by atoms with Crippen molar-refractivity contribution in [2.75, 3.05) is 11.5 Å². The Kier molecular flexibility index (Phi) is 5.49. The lowest BCUT2D eigenvalue weighted by atomic mass is 10.2. The zero-order valence-corrected chi connectivity index (χ0v) is 16.9. The van der Waals surface area contributed by atoms with Gasteiger partial charge in [0, 0.05) is 11.8 Å². The first kappa shape index (κ1) is 19.7. The molecule has 2 aromatic carbocycles. The van der Waals surface area contributed by atoms with Crippen LogP contribution in [0.2, 0.25) is 0 Å². The Morgan fingerprint density at radius 1 is 1.13 bits per heavy atom. The van der Waals surface area contributed by atoms with Gasteiger partial charge < -0.3 is 4.74 Å². The molecule has 1 aliphatic heterocycles. The van der Waals surface area contributed by atoms with Gasteiger partial charge in [-0.2, -0.15) is 5.10 Å². The van der Waals surface area contributed by atoms with Gasteiger partial charge in [0.05, 0.1) is 34.6 Å². The van der Waals surface area contributed by atoms with E-state index in [9.17, 15) is 9.59 Å². The van der Waals surface area contributed by atoms with E-state index in [4.69, 9.17) is 10.1 Å². The number of carbonyl (C=O) groups excluding carboxylic acids is 2. The number of esters is 1. The number of carbonyl (C=O) groups is 2. The molecular formula is C22H18N4O3S. The van der Waals surface area contributed by atoms with Crippen LogP contribution in [0.25, 0.3) is 11.8 Å². The minimum Gasteiger partial charge on any atom is -0.462 e. The van der Waals surface area contributed by atoms with E-state index in [1.54, 1.807) is 48.1 Å². The van der Waals surface area contributed by atoms with Gasteiger partial charge in [0.2, 0.25) is 0 Å².